The number of likely N-dealkylation sites (N-methyl/N-ethyl adjacent to an activating group) is 8. The van der Waals surface area contributed by atoms with Crippen molar-refractivity contribution in [2.45, 2.75) is 317 Å². The van der Waals surface area contributed by atoms with Crippen molar-refractivity contribution in [2.75, 3.05) is 259 Å². The van der Waals surface area contributed by atoms with Gasteiger partial charge in [0.1, 0.15) is 0 Å². The number of nitrogens with one attached hydrogen (secondary N) is 1. The van der Waals surface area contributed by atoms with E-state index in [9.17, 15) is 52.7 Å². The van der Waals surface area contributed by atoms with Crippen LogP contribution in [0.1, 0.15) is 226 Å². The van der Waals surface area contributed by atoms with Crippen molar-refractivity contribution in [1.82, 2.24) is 108 Å². The molecule has 0 saturated carbocycles. The lowest BCUT2D eigenvalue weighted by Crippen LogP contribution is -2.63. The molecular formula is C100H196N22O11. The van der Waals surface area contributed by atoms with E-state index in [0.717, 1.165) is 176 Å². The maximum absolute atomic E-state index is 11.8. The minimum Gasteiger partial charge on any atom is -0.354 e. The number of carbonyl (C=O) groups is 11. The molecule has 0 spiro atoms. The molecule has 3 atom stereocenters. The standard InChI is InChI=1S/3C10H20N2O.C10H16N2O.5C9H18N2O.C8H16N2O.C7H14N2O/c1-8(2)12-7-6-11(5)9(13)10(12,3)4;1-8(2)12-7-5-6-11(4)10(13)9(12)3;2*1-4-5-11-6-7-12(9(2)3)8-10(11)13;1-7(2)11-6-9(12)10(4)5-8(11)3;1-7(2)11-6-5-10(4)9(12)8(11)3;1-8(2)11-5-4-9(12)10(3)6-7-11;1-8(2)11-6-4-5-10(3)9(12)7-11;1-4-10-5-6-11(8(2)3)7-9(10)12;1-7(2)10-5-4-9(3)8(11)6-10;1-6(2)9-4-3-8-7(10)5-9/h8H,6-7H2,1-5H3;8-9H,5-7H2,1-4H3;9H,4-8H2,1-3H3;1,9H,5-8H2,2-3H3;2*7-8H,5-6H2,1-4H3;3*8H,4-7H2,1-3H3;7H,4-6H2,1-3H3;6H,3-5H2,1-2H3,(H,8,10). The summed E-state index contributed by atoms with van der Waals surface area (Å²) in [5.41, 5.74) is -0.332. The van der Waals surface area contributed by atoms with Crippen LogP contribution in [0.5, 0.6) is 0 Å². The largest absolute Gasteiger partial charge is 0.354 e. The first kappa shape index (κ1) is 124. The van der Waals surface area contributed by atoms with Gasteiger partial charge in [-0.25, -0.2) is 0 Å². The average molecular weight is 1880 g/mol. The van der Waals surface area contributed by atoms with Gasteiger partial charge in [0.05, 0.1) is 70.0 Å². The SMILES string of the molecule is C#CCN1CCN(C(C)C)CC1=O.CC(C)N1CC(=O)N(C)CC1C.CC(C)N1CCC(=O)N(C)CC1.CC(C)N1CCCN(C)C(=O)C1.CC(C)N1CCCN(C)C(=O)C1C.CC(C)N1CCN(C)C(=O)C1.CC(C)N1CCN(C)C(=O)C1(C)C.CC(C)N1CCN(C)C(=O)C1C.CC(C)N1CCNC(=O)C1.CCCN1CCN(C(C)C)CC1=O.CCN1CCN(C(C)C)CC1=O. The van der Waals surface area contributed by atoms with Gasteiger partial charge in [-0.05, 0) is 213 Å². The third-order valence-corrected chi connectivity index (χ3v) is 27.1. The van der Waals surface area contributed by atoms with Crippen molar-refractivity contribution >= 4 is 65.0 Å². The molecule has 0 bridgehead atoms. The molecule has 11 fully saturated rings. The fourth-order valence-corrected chi connectivity index (χ4v) is 17.4. The summed E-state index contributed by atoms with van der Waals surface area (Å²) in [4.78, 5) is 169. The molecule has 11 rings (SSSR count). The Balaban J connectivity index is 0.000000732. The van der Waals surface area contributed by atoms with Gasteiger partial charge in [0, 0.05) is 285 Å². The second-order valence-electron chi connectivity index (χ2n) is 41.1. The number of carbonyl (C=O) groups excluding carboxylic acids is 11. The van der Waals surface area contributed by atoms with E-state index >= 15 is 0 Å². The highest BCUT2D eigenvalue weighted by Crippen LogP contribution is 2.25. The van der Waals surface area contributed by atoms with E-state index in [1.54, 1.807) is 9.80 Å². The maximum Gasteiger partial charge on any atom is 0.242 e. The van der Waals surface area contributed by atoms with Crippen LogP contribution in [0.15, 0.2) is 0 Å². The molecule has 133 heavy (non-hydrogen) atoms. The highest BCUT2D eigenvalue weighted by molar-refractivity contribution is 5.86. The Morgan fingerprint density at radius 3 is 1.09 bits per heavy atom. The van der Waals surface area contributed by atoms with Gasteiger partial charge in [-0.15, -0.1) is 6.42 Å². The predicted molar refractivity (Wildman–Crippen MR) is 542 cm³/mol. The van der Waals surface area contributed by atoms with E-state index in [2.05, 4.69) is 231 Å². The van der Waals surface area contributed by atoms with Crippen LogP contribution in [0.25, 0.3) is 0 Å². The molecule has 0 aliphatic carbocycles. The number of nitrogens with zero attached hydrogens (tertiary/aromatic N) is 21. The molecule has 33 heteroatoms. The maximum atomic E-state index is 11.8. The molecule has 1 N–H and O–H groups in total. The first-order chi connectivity index (χ1) is 61.9. The Labute approximate surface area is 809 Å². The van der Waals surface area contributed by atoms with Gasteiger partial charge in [0.25, 0.3) is 0 Å². The molecule has 11 saturated heterocycles. The van der Waals surface area contributed by atoms with Crippen LogP contribution >= 0.6 is 0 Å². The smallest absolute Gasteiger partial charge is 0.242 e. The highest BCUT2D eigenvalue weighted by atomic mass is 16.2. The Bertz CT molecular complexity index is 3470. The Morgan fingerprint density at radius 2 is 0.684 bits per heavy atom. The zero-order chi connectivity index (χ0) is 102. The van der Waals surface area contributed by atoms with Gasteiger partial charge in [-0.3, -0.25) is 107 Å². The summed E-state index contributed by atoms with van der Waals surface area (Å²) in [6.45, 7) is 88.0. The number of terminal acetylenes is 1. The molecule has 772 valence electrons. The first-order valence-corrected chi connectivity index (χ1v) is 50.4. The molecule has 0 aromatic heterocycles. The van der Waals surface area contributed by atoms with Gasteiger partial charge < -0.3 is 54.3 Å². The average Bonchev–Trinajstić information content (AvgIpc) is 1.45. The van der Waals surface area contributed by atoms with Crippen molar-refractivity contribution in [2.24, 2.45) is 0 Å². The predicted octanol–water partition coefficient (Wildman–Crippen LogP) is 5.80. The molecule has 0 radical (unpaired) electrons. The third-order valence-electron chi connectivity index (χ3n) is 27.1. The highest BCUT2D eigenvalue weighted by Gasteiger charge is 2.42. The summed E-state index contributed by atoms with van der Waals surface area (Å²) in [6, 6.07) is 5.90. The van der Waals surface area contributed by atoms with E-state index in [1.165, 1.54) is 0 Å². The van der Waals surface area contributed by atoms with E-state index in [1.807, 2.05) is 123 Å². The van der Waals surface area contributed by atoms with Crippen molar-refractivity contribution in [3.63, 3.8) is 0 Å². The normalized spacial score (nSPS) is 22.8. The molecule has 0 aromatic carbocycles. The van der Waals surface area contributed by atoms with Gasteiger partial charge in [0.2, 0.25) is 65.0 Å². The molecule has 33 nitrogen and oxygen atoms in total. The summed E-state index contributed by atoms with van der Waals surface area (Å²) in [5.74, 6) is 5.11. The van der Waals surface area contributed by atoms with Crippen LogP contribution in [-0.2, 0) is 52.7 Å². The second kappa shape index (κ2) is 63.0. The van der Waals surface area contributed by atoms with Crippen molar-refractivity contribution in [3.05, 3.63) is 0 Å². The van der Waals surface area contributed by atoms with Crippen molar-refractivity contribution in [1.29, 1.82) is 0 Å². The van der Waals surface area contributed by atoms with Gasteiger partial charge in [0.15, 0.2) is 0 Å². The summed E-state index contributed by atoms with van der Waals surface area (Å²) in [5, 5.41) is 2.79. The quantitative estimate of drug-likeness (QED) is 0.190. The summed E-state index contributed by atoms with van der Waals surface area (Å²) in [7, 11) is 13.1. The number of piperazine rings is 8. The van der Waals surface area contributed by atoms with Crippen LogP contribution in [0.3, 0.4) is 0 Å². The first-order valence-electron chi connectivity index (χ1n) is 50.4. The molecule has 0 aromatic rings. The number of hydrogen-bond acceptors (Lipinski definition) is 22. The number of amides is 11. The zero-order valence-electron chi connectivity index (χ0n) is 91.0. The van der Waals surface area contributed by atoms with Crippen LogP contribution in [0.4, 0.5) is 0 Å². The summed E-state index contributed by atoms with van der Waals surface area (Å²) < 4.78 is 0. The molecule has 11 aliphatic heterocycles. The molecule has 11 heterocycles. The van der Waals surface area contributed by atoms with Crippen LogP contribution in [0, 0.1) is 12.3 Å². The third kappa shape index (κ3) is 44.3. The summed E-state index contributed by atoms with van der Waals surface area (Å²) in [6.07, 6.45) is 9.08. The Morgan fingerprint density at radius 1 is 0.331 bits per heavy atom. The van der Waals surface area contributed by atoms with Gasteiger partial charge >= 0.3 is 0 Å². The second-order valence-corrected chi connectivity index (χ2v) is 41.1. The topological polar surface area (TPSA) is 268 Å². The molecule has 3 unspecified atom stereocenters. The Hall–Kier alpha value is -6.71. The van der Waals surface area contributed by atoms with E-state index in [0.29, 0.717) is 137 Å². The minimum atomic E-state index is -0.332. The van der Waals surface area contributed by atoms with E-state index in [4.69, 9.17) is 6.42 Å². The van der Waals surface area contributed by atoms with Crippen molar-refractivity contribution < 1.29 is 52.7 Å². The number of hydrogen-bond donors (Lipinski definition) is 1. The lowest BCUT2D eigenvalue weighted by molar-refractivity contribution is -0.149. The van der Waals surface area contributed by atoms with Gasteiger partial charge in [-0.1, -0.05) is 12.8 Å². The fourth-order valence-electron chi connectivity index (χ4n) is 17.4. The molecular weight excluding hydrogens is 1690 g/mol. The Kier molecular flexibility index (Phi) is 58.9. The molecule has 11 amide bonds. The molecule has 11 aliphatic rings. The summed E-state index contributed by atoms with van der Waals surface area (Å²) >= 11 is 0. The van der Waals surface area contributed by atoms with Gasteiger partial charge in [-0.2, -0.15) is 0 Å². The zero-order valence-corrected chi connectivity index (χ0v) is 91.0. The monoisotopic (exact) mass is 1880 g/mol. The van der Waals surface area contributed by atoms with Crippen LogP contribution in [0.2, 0.25) is 0 Å². The van der Waals surface area contributed by atoms with Crippen LogP contribution < -0.4 is 5.32 Å². The lowest BCUT2D eigenvalue weighted by Gasteiger charge is -2.46. The fraction of sp³-hybridized carbons (Fsp3) is 0.870. The number of rotatable bonds is 15. The van der Waals surface area contributed by atoms with Crippen molar-refractivity contribution in [3.8, 4) is 12.3 Å². The van der Waals surface area contributed by atoms with E-state index in [-0.39, 0.29) is 76.7 Å². The van der Waals surface area contributed by atoms with Crippen LogP contribution in [-0.4, -0.2) is 517 Å². The lowest BCUT2D eigenvalue weighted by atomic mass is 9.96. The minimum absolute atomic E-state index is 0.0486. The van der Waals surface area contributed by atoms with E-state index < -0.39 is 0 Å².